The molecular formula is C15H18ClN3O3. The normalized spacial score (nSPS) is 18.0. The molecule has 0 bridgehead atoms. The summed E-state index contributed by atoms with van der Waals surface area (Å²) in [5, 5.41) is 4.62. The van der Waals surface area contributed by atoms with E-state index < -0.39 is 0 Å². The number of amides is 1. The van der Waals surface area contributed by atoms with E-state index in [1.165, 1.54) is 0 Å². The van der Waals surface area contributed by atoms with E-state index in [2.05, 4.69) is 5.10 Å². The molecule has 1 saturated heterocycles. The number of nitrogens with zero attached hydrogens (tertiary/aromatic N) is 3. The number of ether oxygens (including phenoxy) is 1. The molecule has 2 aromatic heterocycles. The molecule has 118 valence electrons. The first kappa shape index (κ1) is 15.0. The van der Waals surface area contributed by atoms with Gasteiger partial charge in [-0.05, 0) is 43.5 Å². The molecule has 1 aliphatic rings. The highest BCUT2D eigenvalue weighted by atomic mass is 35.5. The Morgan fingerprint density at radius 1 is 1.50 bits per heavy atom. The van der Waals surface area contributed by atoms with Crippen molar-refractivity contribution in [1.29, 1.82) is 0 Å². The third kappa shape index (κ3) is 2.37. The molecule has 0 aliphatic carbocycles. The summed E-state index contributed by atoms with van der Waals surface area (Å²) in [6.45, 7) is 2.61. The minimum atomic E-state index is -0.153. The first-order valence-corrected chi connectivity index (χ1v) is 7.54. The Kier molecular flexibility index (Phi) is 3.87. The summed E-state index contributed by atoms with van der Waals surface area (Å²) in [6.07, 6.45) is 1.81. The summed E-state index contributed by atoms with van der Waals surface area (Å²) in [7, 11) is 3.45. The predicted molar refractivity (Wildman–Crippen MR) is 81.2 cm³/mol. The van der Waals surface area contributed by atoms with Crippen LogP contribution in [0.2, 0.25) is 5.22 Å². The third-order valence-corrected chi connectivity index (χ3v) is 4.24. The number of carbonyl (C=O) groups excluding carboxylic acids is 1. The molecule has 0 spiro atoms. The molecule has 6 nitrogen and oxygen atoms in total. The summed E-state index contributed by atoms with van der Waals surface area (Å²) >= 11 is 5.77. The fourth-order valence-electron chi connectivity index (χ4n) is 3.16. The topological polar surface area (TPSA) is 60.5 Å². The SMILES string of the molecule is COc1c([C@@H]2CCCN2C(=O)c2ccc(Cl)o2)c(C)nn1C. The lowest BCUT2D eigenvalue weighted by molar-refractivity contribution is 0.0701. The fourth-order valence-corrected chi connectivity index (χ4v) is 3.31. The summed E-state index contributed by atoms with van der Waals surface area (Å²) < 4.78 is 12.4. The van der Waals surface area contributed by atoms with E-state index in [9.17, 15) is 4.79 Å². The summed E-state index contributed by atoms with van der Waals surface area (Å²) in [5.41, 5.74) is 1.84. The van der Waals surface area contributed by atoms with Crippen LogP contribution in [0.1, 0.15) is 40.7 Å². The lowest BCUT2D eigenvalue weighted by Crippen LogP contribution is -2.30. The number of furan rings is 1. The minimum Gasteiger partial charge on any atom is -0.481 e. The Balaban J connectivity index is 1.95. The molecule has 1 aliphatic heterocycles. The van der Waals surface area contributed by atoms with E-state index in [4.69, 9.17) is 20.8 Å². The molecule has 1 atom stereocenters. The van der Waals surface area contributed by atoms with Gasteiger partial charge in [0.2, 0.25) is 5.88 Å². The van der Waals surface area contributed by atoms with E-state index in [0.717, 1.165) is 24.1 Å². The number of halogens is 1. The van der Waals surface area contributed by atoms with Gasteiger partial charge in [-0.15, -0.1) is 0 Å². The Hall–Kier alpha value is -1.95. The Morgan fingerprint density at radius 3 is 2.91 bits per heavy atom. The molecule has 0 aromatic carbocycles. The van der Waals surface area contributed by atoms with Crippen LogP contribution < -0.4 is 4.74 Å². The van der Waals surface area contributed by atoms with Gasteiger partial charge >= 0.3 is 0 Å². The van der Waals surface area contributed by atoms with E-state index in [-0.39, 0.29) is 22.9 Å². The largest absolute Gasteiger partial charge is 0.481 e. The molecule has 7 heteroatoms. The van der Waals surface area contributed by atoms with Crippen molar-refractivity contribution in [3.8, 4) is 5.88 Å². The maximum absolute atomic E-state index is 12.7. The standard InChI is InChI=1S/C15H18ClN3O3/c1-9-13(15(21-3)18(2)17-9)10-5-4-8-19(10)14(20)11-6-7-12(16)22-11/h6-7,10H,4-5,8H2,1-3H3/t10-/m0/s1. The van der Waals surface area contributed by atoms with Crippen LogP contribution in [0.25, 0.3) is 0 Å². The van der Waals surface area contributed by atoms with Gasteiger partial charge in [-0.1, -0.05) is 0 Å². The van der Waals surface area contributed by atoms with Gasteiger partial charge in [0, 0.05) is 13.6 Å². The van der Waals surface area contributed by atoms with Crippen molar-refractivity contribution in [3.63, 3.8) is 0 Å². The van der Waals surface area contributed by atoms with Gasteiger partial charge in [-0.2, -0.15) is 5.10 Å². The second-order valence-electron chi connectivity index (χ2n) is 5.39. The zero-order valence-electron chi connectivity index (χ0n) is 12.8. The highest BCUT2D eigenvalue weighted by Crippen LogP contribution is 2.39. The van der Waals surface area contributed by atoms with Gasteiger partial charge < -0.3 is 14.1 Å². The molecule has 1 amide bonds. The molecule has 2 aromatic rings. The highest BCUT2D eigenvalue weighted by Gasteiger charge is 2.36. The van der Waals surface area contributed by atoms with Crippen LogP contribution in [0.3, 0.4) is 0 Å². The van der Waals surface area contributed by atoms with Crippen molar-refractivity contribution < 1.29 is 13.9 Å². The molecule has 1 fully saturated rings. The van der Waals surface area contributed by atoms with Gasteiger partial charge in [-0.25, -0.2) is 4.68 Å². The van der Waals surface area contributed by atoms with E-state index in [1.54, 1.807) is 23.9 Å². The highest BCUT2D eigenvalue weighted by molar-refractivity contribution is 6.29. The number of methoxy groups -OCH3 is 1. The molecule has 0 radical (unpaired) electrons. The maximum atomic E-state index is 12.7. The number of rotatable bonds is 3. The van der Waals surface area contributed by atoms with Gasteiger partial charge in [-0.3, -0.25) is 4.79 Å². The van der Waals surface area contributed by atoms with Crippen molar-refractivity contribution in [2.75, 3.05) is 13.7 Å². The first-order chi connectivity index (χ1) is 10.5. The Morgan fingerprint density at radius 2 is 2.27 bits per heavy atom. The van der Waals surface area contributed by atoms with Crippen LogP contribution in [0.15, 0.2) is 16.5 Å². The molecule has 3 rings (SSSR count). The quantitative estimate of drug-likeness (QED) is 0.871. The number of hydrogen-bond donors (Lipinski definition) is 0. The summed E-state index contributed by atoms with van der Waals surface area (Å²) in [6, 6.07) is 3.13. The summed E-state index contributed by atoms with van der Waals surface area (Å²) in [5.74, 6) is 0.803. The zero-order chi connectivity index (χ0) is 15.9. The monoisotopic (exact) mass is 323 g/mol. The van der Waals surface area contributed by atoms with Crippen LogP contribution in [0.5, 0.6) is 5.88 Å². The Labute approximate surface area is 133 Å². The van der Waals surface area contributed by atoms with Crippen molar-refractivity contribution >= 4 is 17.5 Å². The molecule has 22 heavy (non-hydrogen) atoms. The van der Waals surface area contributed by atoms with Gasteiger partial charge in [0.25, 0.3) is 5.91 Å². The molecule has 0 saturated carbocycles. The van der Waals surface area contributed by atoms with E-state index in [1.807, 2.05) is 18.9 Å². The fraction of sp³-hybridized carbons (Fsp3) is 0.467. The van der Waals surface area contributed by atoms with Crippen molar-refractivity contribution in [1.82, 2.24) is 14.7 Å². The number of aryl methyl sites for hydroxylation is 2. The van der Waals surface area contributed by atoms with Crippen molar-refractivity contribution in [3.05, 3.63) is 34.4 Å². The summed E-state index contributed by atoms with van der Waals surface area (Å²) in [4.78, 5) is 14.5. The number of likely N-dealkylation sites (tertiary alicyclic amines) is 1. The average molecular weight is 324 g/mol. The van der Waals surface area contributed by atoms with Gasteiger partial charge in [0.1, 0.15) is 0 Å². The van der Waals surface area contributed by atoms with Crippen LogP contribution in [0, 0.1) is 6.92 Å². The lowest BCUT2D eigenvalue weighted by Gasteiger charge is -2.24. The second kappa shape index (κ2) is 5.68. The molecular weight excluding hydrogens is 306 g/mol. The minimum absolute atomic E-state index is 0.0555. The van der Waals surface area contributed by atoms with Crippen molar-refractivity contribution in [2.45, 2.75) is 25.8 Å². The Bertz CT molecular complexity index is 707. The average Bonchev–Trinajstić information content (AvgIpc) is 3.16. The third-order valence-electron chi connectivity index (χ3n) is 4.04. The van der Waals surface area contributed by atoms with Crippen LogP contribution in [-0.2, 0) is 7.05 Å². The van der Waals surface area contributed by atoms with E-state index in [0.29, 0.717) is 12.4 Å². The smallest absolute Gasteiger partial charge is 0.290 e. The number of hydrogen-bond acceptors (Lipinski definition) is 4. The molecule has 0 unspecified atom stereocenters. The van der Waals surface area contributed by atoms with Crippen LogP contribution >= 0.6 is 11.6 Å². The second-order valence-corrected chi connectivity index (χ2v) is 5.76. The zero-order valence-corrected chi connectivity index (χ0v) is 13.6. The number of carbonyl (C=O) groups is 1. The van der Waals surface area contributed by atoms with Crippen LogP contribution in [-0.4, -0.2) is 34.2 Å². The first-order valence-electron chi connectivity index (χ1n) is 7.16. The predicted octanol–water partition coefficient (Wildman–Crippen LogP) is 2.96. The van der Waals surface area contributed by atoms with E-state index >= 15 is 0 Å². The van der Waals surface area contributed by atoms with Gasteiger partial charge in [0.05, 0.1) is 24.4 Å². The lowest BCUT2D eigenvalue weighted by atomic mass is 10.0. The molecule has 3 heterocycles. The number of aromatic nitrogens is 2. The van der Waals surface area contributed by atoms with Crippen LogP contribution in [0.4, 0.5) is 0 Å². The molecule has 0 N–H and O–H groups in total. The van der Waals surface area contributed by atoms with Crippen molar-refractivity contribution in [2.24, 2.45) is 7.05 Å². The van der Waals surface area contributed by atoms with Gasteiger partial charge in [0.15, 0.2) is 11.0 Å². The maximum Gasteiger partial charge on any atom is 0.290 e.